The summed E-state index contributed by atoms with van der Waals surface area (Å²) in [5, 5.41) is 3.57. The van der Waals surface area contributed by atoms with E-state index >= 15 is 0 Å². The van der Waals surface area contributed by atoms with Crippen LogP contribution in [0.1, 0.15) is 38.8 Å². The predicted octanol–water partition coefficient (Wildman–Crippen LogP) is 4.13. The number of hydrogen-bond donors (Lipinski definition) is 1. The number of nitrogens with one attached hydrogen (secondary N) is 1. The zero-order valence-corrected chi connectivity index (χ0v) is 13.4. The SMILES string of the molecule is CCNC(CSCC(C)CC)c1cccc(OC)c1. The van der Waals surface area contributed by atoms with E-state index in [9.17, 15) is 0 Å². The lowest BCUT2D eigenvalue weighted by molar-refractivity contribution is 0.413. The molecule has 0 spiro atoms. The van der Waals surface area contributed by atoms with Gasteiger partial charge in [0.1, 0.15) is 5.75 Å². The highest BCUT2D eigenvalue weighted by atomic mass is 32.2. The van der Waals surface area contributed by atoms with Crippen molar-refractivity contribution in [2.45, 2.75) is 33.2 Å². The summed E-state index contributed by atoms with van der Waals surface area (Å²) in [5.41, 5.74) is 1.32. The maximum Gasteiger partial charge on any atom is 0.119 e. The van der Waals surface area contributed by atoms with E-state index in [2.05, 4.69) is 44.3 Å². The van der Waals surface area contributed by atoms with Crippen LogP contribution in [-0.4, -0.2) is 25.2 Å². The summed E-state index contributed by atoms with van der Waals surface area (Å²) in [7, 11) is 1.72. The average molecular weight is 281 g/mol. The van der Waals surface area contributed by atoms with Crippen molar-refractivity contribution in [3.8, 4) is 5.75 Å². The van der Waals surface area contributed by atoms with Crippen molar-refractivity contribution in [2.75, 3.05) is 25.2 Å². The van der Waals surface area contributed by atoms with Crippen LogP contribution in [0.3, 0.4) is 0 Å². The lowest BCUT2D eigenvalue weighted by Crippen LogP contribution is -2.23. The monoisotopic (exact) mass is 281 g/mol. The van der Waals surface area contributed by atoms with Gasteiger partial charge in [0.05, 0.1) is 7.11 Å². The highest BCUT2D eigenvalue weighted by Gasteiger charge is 2.11. The van der Waals surface area contributed by atoms with Gasteiger partial charge in [0.2, 0.25) is 0 Å². The van der Waals surface area contributed by atoms with Crippen molar-refractivity contribution in [2.24, 2.45) is 5.92 Å². The van der Waals surface area contributed by atoms with E-state index in [4.69, 9.17) is 4.74 Å². The first-order valence-electron chi connectivity index (χ1n) is 7.16. The summed E-state index contributed by atoms with van der Waals surface area (Å²) in [6.45, 7) is 7.73. The van der Waals surface area contributed by atoms with Crippen molar-refractivity contribution in [3.05, 3.63) is 29.8 Å². The first kappa shape index (κ1) is 16.4. The van der Waals surface area contributed by atoms with Crippen molar-refractivity contribution in [1.29, 1.82) is 0 Å². The van der Waals surface area contributed by atoms with E-state index in [1.165, 1.54) is 17.7 Å². The van der Waals surface area contributed by atoms with Gasteiger partial charge in [-0.05, 0) is 35.9 Å². The Morgan fingerprint density at radius 2 is 2.05 bits per heavy atom. The molecule has 0 bridgehead atoms. The van der Waals surface area contributed by atoms with Gasteiger partial charge in [0.15, 0.2) is 0 Å². The molecule has 0 heterocycles. The van der Waals surface area contributed by atoms with E-state index in [0.717, 1.165) is 24.0 Å². The zero-order valence-electron chi connectivity index (χ0n) is 12.6. The first-order chi connectivity index (χ1) is 9.21. The molecule has 1 N–H and O–H groups in total. The molecule has 0 aromatic heterocycles. The first-order valence-corrected chi connectivity index (χ1v) is 8.31. The lowest BCUT2D eigenvalue weighted by atomic mass is 10.1. The predicted molar refractivity (Wildman–Crippen MR) is 86.2 cm³/mol. The zero-order chi connectivity index (χ0) is 14.1. The second-order valence-corrected chi connectivity index (χ2v) is 6.01. The quantitative estimate of drug-likeness (QED) is 0.735. The van der Waals surface area contributed by atoms with Crippen molar-refractivity contribution in [1.82, 2.24) is 5.32 Å². The van der Waals surface area contributed by atoms with Crippen LogP contribution >= 0.6 is 11.8 Å². The molecule has 2 nitrogen and oxygen atoms in total. The largest absolute Gasteiger partial charge is 0.497 e. The standard InChI is InChI=1S/C16H27NOS/c1-5-13(3)11-19-12-16(17-6-2)14-8-7-9-15(10-14)18-4/h7-10,13,16-17H,5-6,11-12H2,1-4H3. The Labute approximate surface area is 122 Å². The van der Waals surface area contributed by atoms with Crippen molar-refractivity contribution < 1.29 is 4.74 Å². The number of thioether (sulfide) groups is 1. The second kappa shape index (κ2) is 9.27. The Balaban J connectivity index is 2.60. The molecule has 1 rings (SSSR count). The van der Waals surface area contributed by atoms with Crippen LogP contribution in [0.2, 0.25) is 0 Å². The van der Waals surface area contributed by atoms with E-state index in [0.29, 0.717) is 6.04 Å². The maximum absolute atomic E-state index is 5.31. The molecule has 1 aromatic carbocycles. The number of benzene rings is 1. The van der Waals surface area contributed by atoms with Crippen LogP contribution in [0.4, 0.5) is 0 Å². The van der Waals surface area contributed by atoms with Crippen LogP contribution in [0.5, 0.6) is 5.75 Å². The molecule has 0 fully saturated rings. The molecule has 0 radical (unpaired) electrons. The number of rotatable bonds is 9. The molecule has 0 aliphatic carbocycles. The van der Waals surface area contributed by atoms with Crippen LogP contribution in [0.15, 0.2) is 24.3 Å². The molecule has 19 heavy (non-hydrogen) atoms. The third-order valence-corrected chi connectivity index (χ3v) is 4.70. The normalized spacial score (nSPS) is 14.1. The van der Waals surface area contributed by atoms with Gasteiger partial charge >= 0.3 is 0 Å². The van der Waals surface area contributed by atoms with Gasteiger partial charge < -0.3 is 10.1 Å². The molecule has 0 saturated carbocycles. The minimum atomic E-state index is 0.411. The average Bonchev–Trinajstić information content (AvgIpc) is 2.46. The third-order valence-electron chi connectivity index (χ3n) is 3.33. The number of methoxy groups -OCH3 is 1. The van der Waals surface area contributed by atoms with Gasteiger partial charge in [-0.25, -0.2) is 0 Å². The summed E-state index contributed by atoms with van der Waals surface area (Å²) in [4.78, 5) is 0. The fraction of sp³-hybridized carbons (Fsp3) is 0.625. The van der Waals surface area contributed by atoms with E-state index in [1.54, 1.807) is 7.11 Å². The number of ether oxygens (including phenoxy) is 1. The summed E-state index contributed by atoms with van der Waals surface area (Å²) < 4.78 is 5.31. The molecule has 0 saturated heterocycles. The van der Waals surface area contributed by atoms with E-state index < -0.39 is 0 Å². The third kappa shape index (κ3) is 5.87. The molecule has 1 aromatic rings. The summed E-state index contributed by atoms with van der Waals surface area (Å²) >= 11 is 2.04. The fourth-order valence-corrected chi connectivity index (χ4v) is 3.20. The topological polar surface area (TPSA) is 21.3 Å². The summed E-state index contributed by atoms with van der Waals surface area (Å²) in [5.74, 6) is 4.10. The van der Waals surface area contributed by atoms with Gasteiger partial charge in [-0.1, -0.05) is 39.3 Å². The van der Waals surface area contributed by atoms with Gasteiger partial charge in [-0.3, -0.25) is 0 Å². The Bertz CT molecular complexity index is 356. The van der Waals surface area contributed by atoms with E-state index in [-0.39, 0.29) is 0 Å². The highest BCUT2D eigenvalue weighted by molar-refractivity contribution is 7.99. The van der Waals surface area contributed by atoms with Crippen LogP contribution in [-0.2, 0) is 0 Å². The van der Waals surface area contributed by atoms with Crippen LogP contribution in [0.25, 0.3) is 0 Å². The fourth-order valence-electron chi connectivity index (χ4n) is 1.88. The molecule has 2 atom stereocenters. The summed E-state index contributed by atoms with van der Waals surface area (Å²) in [6.07, 6.45) is 1.26. The van der Waals surface area contributed by atoms with Crippen LogP contribution in [0, 0.1) is 5.92 Å². The molecule has 3 heteroatoms. The Morgan fingerprint density at radius 1 is 1.26 bits per heavy atom. The van der Waals surface area contributed by atoms with Gasteiger partial charge in [0, 0.05) is 11.8 Å². The smallest absolute Gasteiger partial charge is 0.119 e. The minimum Gasteiger partial charge on any atom is -0.497 e. The molecule has 2 unspecified atom stereocenters. The number of hydrogen-bond acceptors (Lipinski definition) is 3. The Morgan fingerprint density at radius 3 is 2.68 bits per heavy atom. The molecule has 0 aliphatic heterocycles. The van der Waals surface area contributed by atoms with Crippen molar-refractivity contribution in [3.63, 3.8) is 0 Å². The van der Waals surface area contributed by atoms with Gasteiger partial charge in [-0.15, -0.1) is 0 Å². The highest BCUT2D eigenvalue weighted by Crippen LogP contribution is 2.23. The summed E-state index contributed by atoms with van der Waals surface area (Å²) in [6, 6.07) is 8.79. The Kier molecular flexibility index (Phi) is 7.99. The van der Waals surface area contributed by atoms with Gasteiger partial charge in [0.25, 0.3) is 0 Å². The second-order valence-electron chi connectivity index (χ2n) is 4.94. The maximum atomic E-state index is 5.31. The Hall–Kier alpha value is -0.670. The molecule has 0 amide bonds. The van der Waals surface area contributed by atoms with Gasteiger partial charge in [-0.2, -0.15) is 11.8 Å². The molecule has 108 valence electrons. The molecule has 0 aliphatic rings. The molecular formula is C16H27NOS. The minimum absolute atomic E-state index is 0.411. The van der Waals surface area contributed by atoms with Crippen LogP contribution < -0.4 is 10.1 Å². The van der Waals surface area contributed by atoms with Crippen molar-refractivity contribution >= 4 is 11.8 Å². The van der Waals surface area contributed by atoms with E-state index in [1.807, 2.05) is 17.8 Å². The lowest BCUT2D eigenvalue weighted by Gasteiger charge is -2.19. The molecular weight excluding hydrogens is 254 g/mol.